The molecule has 2 amide bonds. The van der Waals surface area contributed by atoms with Gasteiger partial charge in [0.1, 0.15) is 34.9 Å². The molecule has 1 aliphatic heterocycles. The number of benzene rings is 1. The fourth-order valence-corrected chi connectivity index (χ4v) is 4.93. The summed E-state index contributed by atoms with van der Waals surface area (Å²) in [5.41, 5.74) is 3.66. The van der Waals surface area contributed by atoms with Crippen LogP contribution in [0.5, 0.6) is 0 Å². The topological polar surface area (TPSA) is 123 Å². The predicted molar refractivity (Wildman–Crippen MR) is 146 cm³/mol. The monoisotopic (exact) mass is 593 g/mol. The molecule has 1 fully saturated rings. The molecule has 2 atom stereocenters. The zero-order chi connectivity index (χ0) is 27.8. The zero-order valence-electron chi connectivity index (χ0n) is 21.5. The molecule has 0 unspecified atom stereocenters. The molecule has 39 heavy (non-hydrogen) atoms. The molecule has 10 nitrogen and oxygen atoms in total. The van der Waals surface area contributed by atoms with Gasteiger partial charge in [0.05, 0.1) is 29.6 Å². The fourth-order valence-electron chi connectivity index (χ4n) is 4.62. The van der Waals surface area contributed by atoms with Crippen LogP contribution in [0.25, 0.3) is 22.2 Å². The Labute approximate surface area is 231 Å². The van der Waals surface area contributed by atoms with Crippen LogP contribution in [0.15, 0.2) is 47.3 Å². The van der Waals surface area contributed by atoms with Gasteiger partial charge in [-0.25, -0.2) is 9.37 Å². The van der Waals surface area contributed by atoms with Crippen LogP contribution in [0.4, 0.5) is 10.2 Å². The Morgan fingerprint density at radius 2 is 1.92 bits per heavy atom. The predicted octanol–water partition coefficient (Wildman–Crippen LogP) is 4.05. The molecule has 1 aromatic carbocycles. The number of aromatic nitrogens is 5. The van der Waals surface area contributed by atoms with E-state index in [1.165, 1.54) is 16.5 Å². The quantitative estimate of drug-likeness (QED) is 0.264. The van der Waals surface area contributed by atoms with Crippen molar-refractivity contribution < 1.29 is 18.8 Å². The van der Waals surface area contributed by atoms with E-state index < -0.39 is 24.0 Å². The molecule has 0 radical (unpaired) electrons. The normalized spacial score (nSPS) is 17.0. The van der Waals surface area contributed by atoms with Crippen molar-refractivity contribution >= 4 is 50.2 Å². The van der Waals surface area contributed by atoms with Gasteiger partial charge in [-0.2, -0.15) is 5.10 Å². The summed E-state index contributed by atoms with van der Waals surface area (Å²) in [4.78, 5) is 53.0. The summed E-state index contributed by atoms with van der Waals surface area (Å²) in [6.45, 7) is 4.55. The molecule has 0 spiro atoms. The number of nitrogens with zero attached hydrogens (tertiary/aromatic N) is 6. The first kappa shape index (κ1) is 26.5. The third kappa shape index (κ3) is 5.42. The Bertz CT molecular complexity index is 1610. The van der Waals surface area contributed by atoms with Gasteiger partial charge in [0, 0.05) is 30.5 Å². The van der Waals surface area contributed by atoms with Crippen LogP contribution in [0.1, 0.15) is 35.1 Å². The lowest BCUT2D eigenvalue weighted by molar-refractivity contribution is -0.137. The first-order chi connectivity index (χ1) is 18.6. The van der Waals surface area contributed by atoms with E-state index in [1.807, 2.05) is 13.0 Å². The molecule has 200 valence electrons. The number of Topliss-reactive ketones (excluding diaryl/α,β-unsaturated/α-hetero) is 1. The standard InChI is InChI=1S/C27H25BrFN7O3/c1-14-4-7-23(28)32-26(14)33-27(39)22-9-18(29)12-35(22)24(38)13-36-21-6-5-17(20-11-30-15(2)10-31-20)8-19(21)25(34-36)16(3)37/h4-8,10-11,18,22H,9,12-13H2,1-3H3,(H,32,33,39)/t18-,22+/m1/s1. The lowest BCUT2D eigenvalue weighted by Gasteiger charge is -2.24. The number of hydrogen-bond donors (Lipinski definition) is 1. The van der Waals surface area contributed by atoms with E-state index in [1.54, 1.807) is 43.6 Å². The number of nitrogens with one attached hydrogen (secondary N) is 1. The van der Waals surface area contributed by atoms with Crippen LogP contribution < -0.4 is 5.32 Å². The molecule has 1 N–H and O–H groups in total. The van der Waals surface area contributed by atoms with Crippen molar-refractivity contribution in [3.63, 3.8) is 0 Å². The van der Waals surface area contributed by atoms with E-state index in [0.717, 1.165) is 16.8 Å². The van der Waals surface area contributed by atoms with Gasteiger partial charge in [0.15, 0.2) is 5.78 Å². The minimum absolute atomic E-state index is 0.121. The maximum absolute atomic E-state index is 14.5. The number of halogens is 2. The molecule has 4 heterocycles. The maximum Gasteiger partial charge on any atom is 0.248 e. The van der Waals surface area contributed by atoms with Crippen molar-refractivity contribution in [3.8, 4) is 11.3 Å². The molecule has 1 saturated heterocycles. The van der Waals surface area contributed by atoms with Gasteiger partial charge in [-0.3, -0.25) is 29.0 Å². The molecular weight excluding hydrogens is 569 g/mol. The number of alkyl halides is 1. The SMILES string of the molecule is CC(=O)c1nn(CC(=O)N2C[C@H](F)C[C@H]2C(=O)Nc2nc(Br)ccc2C)c2ccc(-c3cnc(C)cn3)cc12. The van der Waals surface area contributed by atoms with Crippen LogP contribution >= 0.6 is 15.9 Å². The number of aryl methyl sites for hydroxylation is 2. The van der Waals surface area contributed by atoms with Crippen molar-refractivity contribution in [1.82, 2.24) is 29.6 Å². The highest BCUT2D eigenvalue weighted by Crippen LogP contribution is 2.28. The minimum atomic E-state index is -1.35. The Balaban J connectivity index is 1.41. The molecule has 5 rings (SSSR count). The van der Waals surface area contributed by atoms with E-state index in [4.69, 9.17) is 0 Å². The molecule has 0 bridgehead atoms. The molecule has 4 aromatic rings. The number of likely N-dealkylation sites (tertiary alicyclic amines) is 1. The largest absolute Gasteiger partial charge is 0.326 e. The number of hydrogen-bond acceptors (Lipinski definition) is 7. The number of fused-ring (bicyclic) bond motifs is 1. The van der Waals surface area contributed by atoms with Gasteiger partial charge in [0.25, 0.3) is 0 Å². The fraction of sp³-hybridized carbons (Fsp3) is 0.296. The van der Waals surface area contributed by atoms with Crippen LogP contribution in [-0.2, 0) is 16.1 Å². The van der Waals surface area contributed by atoms with Gasteiger partial charge in [0.2, 0.25) is 11.8 Å². The Morgan fingerprint density at radius 1 is 1.13 bits per heavy atom. The first-order valence-electron chi connectivity index (χ1n) is 12.3. The van der Waals surface area contributed by atoms with E-state index in [9.17, 15) is 18.8 Å². The van der Waals surface area contributed by atoms with Crippen molar-refractivity contribution in [2.45, 2.75) is 46.0 Å². The number of amides is 2. The number of rotatable bonds is 6. The van der Waals surface area contributed by atoms with E-state index in [0.29, 0.717) is 27.0 Å². The summed E-state index contributed by atoms with van der Waals surface area (Å²) in [6.07, 6.45) is 1.84. The number of carbonyl (C=O) groups excluding carboxylic acids is 3. The Morgan fingerprint density at radius 3 is 2.64 bits per heavy atom. The van der Waals surface area contributed by atoms with Crippen LogP contribution in [0.2, 0.25) is 0 Å². The summed E-state index contributed by atoms with van der Waals surface area (Å²) >= 11 is 3.28. The van der Waals surface area contributed by atoms with Crippen molar-refractivity contribution in [2.24, 2.45) is 0 Å². The highest BCUT2D eigenvalue weighted by Gasteiger charge is 2.40. The van der Waals surface area contributed by atoms with Gasteiger partial charge >= 0.3 is 0 Å². The smallest absolute Gasteiger partial charge is 0.248 e. The zero-order valence-corrected chi connectivity index (χ0v) is 23.1. The van der Waals surface area contributed by atoms with E-state index in [2.05, 4.69) is 41.3 Å². The summed E-state index contributed by atoms with van der Waals surface area (Å²) in [5, 5.41) is 7.68. The maximum atomic E-state index is 14.5. The molecular formula is C27H25BrFN7O3. The number of ketones is 1. The van der Waals surface area contributed by atoms with E-state index >= 15 is 0 Å². The second-order valence-electron chi connectivity index (χ2n) is 9.52. The number of pyridine rings is 1. The third-order valence-corrected chi connectivity index (χ3v) is 7.06. The molecule has 0 aliphatic carbocycles. The summed E-state index contributed by atoms with van der Waals surface area (Å²) < 4.78 is 16.4. The lowest BCUT2D eigenvalue weighted by Crippen LogP contribution is -2.44. The van der Waals surface area contributed by atoms with Crippen LogP contribution in [0.3, 0.4) is 0 Å². The average Bonchev–Trinajstić information content (AvgIpc) is 3.47. The van der Waals surface area contributed by atoms with Crippen molar-refractivity contribution in [2.75, 3.05) is 11.9 Å². The number of anilines is 1. The lowest BCUT2D eigenvalue weighted by atomic mass is 10.1. The third-order valence-electron chi connectivity index (χ3n) is 6.62. The van der Waals surface area contributed by atoms with Gasteiger partial charge in [-0.05, 0) is 53.5 Å². The molecule has 0 saturated carbocycles. The minimum Gasteiger partial charge on any atom is -0.326 e. The summed E-state index contributed by atoms with van der Waals surface area (Å²) in [6, 6.07) is 7.88. The first-order valence-corrected chi connectivity index (χ1v) is 13.1. The van der Waals surface area contributed by atoms with Gasteiger partial charge in [-0.1, -0.05) is 12.1 Å². The molecule has 1 aliphatic rings. The van der Waals surface area contributed by atoms with Crippen LogP contribution in [-0.4, -0.2) is 66.0 Å². The Kier molecular flexibility index (Phi) is 7.21. The molecule has 12 heteroatoms. The van der Waals surface area contributed by atoms with Crippen molar-refractivity contribution in [3.05, 3.63) is 64.3 Å². The second-order valence-corrected chi connectivity index (χ2v) is 10.3. The van der Waals surface area contributed by atoms with Gasteiger partial charge < -0.3 is 10.2 Å². The van der Waals surface area contributed by atoms with Gasteiger partial charge in [-0.15, -0.1) is 0 Å². The molecule has 3 aromatic heterocycles. The van der Waals surface area contributed by atoms with E-state index in [-0.39, 0.29) is 31.0 Å². The Hall–Kier alpha value is -4.06. The second kappa shape index (κ2) is 10.6. The highest BCUT2D eigenvalue weighted by molar-refractivity contribution is 9.10. The average molecular weight is 594 g/mol. The van der Waals surface area contributed by atoms with Crippen LogP contribution in [0, 0.1) is 13.8 Å². The summed E-state index contributed by atoms with van der Waals surface area (Å²) in [7, 11) is 0. The number of carbonyl (C=O) groups is 3. The summed E-state index contributed by atoms with van der Waals surface area (Å²) in [5.74, 6) is -0.933. The highest BCUT2D eigenvalue weighted by atomic mass is 79.9. The van der Waals surface area contributed by atoms with Crippen molar-refractivity contribution in [1.29, 1.82) is 0 Å².